The van der Waals surface area contributed by atoms with Crippen molar-refractivity contribution in [2.45, 2.75) is 6.54 Å². The number of nitrogens with zero attached hydrogens (tertiary/aromatic N) is 2. The minimum absolute atomic E-state index is 0.149. The second-order valence-electron chi connectivity index (χ2n) is 6.36. The summed E-state index contributed by atoms with van der Waals surface area (Å²) in [6, 6.07) is 12.4. The van der Waals surface area contributed by atoms with E-state index >= 15 is 0 Å². The lowest BCUT2D eigenvalue weighted by atomic mass is 10.2. The number of hydrogen-bond acceptors (Lipinski definition) is 7. The first-order valence-corrected chi connectivity index (χ1v) is 9.41. The van der Waals surface area contributed by atoms with E-state index < -0.39 is 0 Å². The van der Waals surface area contributed by atoms with Crippen LogP contribution in [0, 0.1) is 0 Å². The molecule has 4 rings (SSSR count). The summed E-state index contributed by atoms with van der Waals surface area (Å²) in [6.07, 6.45) is 1.51. The lowest BCUT2D eigenvalue weighted by molar-refractivity contribution is 0.403. The van der Waals surface area contributed by atoms with Crippen molar-refractivity contribution in [3.63, 3.8) is 0 Å². The molecule has 0 aliphatic carbocycles. The van der Waals surface area contributed by atoms with E-state index in [0.717, 1.165) is 22.0 Å². The number of para-hydroxylation sites is 1. The Bertz CT molecular complexity index is 1180. The highest BCUT2D eigenvalue weighted by Crippen LogP contribution is 2.30. The zero-order chi connectivity index (χ0) is 20.2. The zero-order valence-corrected chi connectivity index (χ0v) is 16.2. The van der Waals surface area contributed by atoms with Gasteiger partial charge in [-0.3, -0.25) is 0 Å². The maximum absolute atomic E-state index is 9.52. The summed E-state index contributed by atoms with van der Waals surface area (Å²) < 4.78 is 5.88. The van der Waals surface area contributed by atoms with Gasteiger partial charge in [-0.15, -0.1) is 0 Å². The highest BCUT2D eigenvalue weighted by Gasteiger charge is 2.12. The van der Waals surface area contributed by atoms with Crippen LogP contribution in [-0.4, -0.2) is 38.4 Å². The molecule has 0 unspecified atom stereocenters. The number of benzene rings is 2. The fourth-order valence-corrected chi connectivity index (χ4v) is 3.10. The van der Waals surface area contributed by atoms with Crippen molar-refractivity contribution in [3.8, 4) is 11.5 Å². The quantitative estimate of drug-likeness (QED) is 0.186. The zero-order valence-electron chi connectivity index (χ0n) is 15.3. The van der Waals surface area contributed by atoms with Crippen molar-refractivity contribution in [1.82, 2.24) is 20.6 Å². The highest BCUT2D eigenvalue weighted by atomic mass is 32.1. The second-order valence-corrected chi connectivity index (χ2v) is 6.77. The Hall–Kier alpha value is -3.59. The van der Waals surface area contributed by atoms with Crippen molar-refractivity contribution in [2.75, 3.05) is 18.4 Å². The van der Waals surface area contributed by atoms with Crippen LogP contribution in [0.3, 0.4) is 0 Å². The molecule has 9 heteroatoms. The van der Waals surface area contributed by atoms with Gasteiger partial charge in [-0.05, 0) is 42.0 Å². The summed E-state index contributed by atoms with van der Waals surface area (Å²) in [5.41, 5.74) is 2.98. The average molecular weight is 409 g/mol. The van der Waals surface area contributed by atoms with Crippen LogP contribution in [0.1, 0.15) is 5.56 Å². The van der Waals surface area contributed by atoms with E-state index in [9.17, 15) is 10.2 Å². The Labute approximate surface area is 171 Å². The fourth-order valence-electron chi connectivity index (χ4n) is 2.93. The van der Waals surface area contributed by atoms with Gasteiger partial charge >= 0.3 is 0 Å². The Kier molecular flexibility index (Phi) is 5.30. The number of phenolic OH excluding ortho intramolecular Hbond substituents is 2. The molecule has 2 aromatic heterocycles. The van der Waals surface area contributed by atoms with Gasteiger partial charge < -0.3 is 30.6 Å². The molecule has 0 spiro atoms. The van der Waals surface area contributed by atoms with Crippen LogP contribution in [0.2, 0.25) is 0 Å². The number of thiocarbonyl (C=S) groups is 1. The van der Waals surface area contributed by atoms with Gasteiger partial charge in [0.1, 0.15) is 17.4 Å². The molecule has 0 aliphatic rings. The Morgan fingerprint density at radius 3 is 2.72 bits per heavy atom. The normalized spacial score (nSPS) is 10.9. The van der Waals surface area contributed by atoms with Gasteiger partial charge in [-0.1, -0.05) is 18.2 Å². The van der Waals surface area contributed by atoms with Gasteiger partial charge in [0.15, 0.2) is 28.0 Å². The number of aromatic nitrogens is 2. The molecule has 0 atom stereocenters. The summed E-state index contributed by atoms with van der Waals surface area (Å²) in [6.45, 7) is 1.57. The van der Waals surface area contributed by atoms with Crippen molar-refractivity contribution in [2.24, 2.45) is 0 Å². The summed E-state index contributed by atoms with van der Waals surface area (Å²) >= 11 is 5.26. The standard InChI is InChI=1S/C20H19N5O3S/c26-14-6-5-12(9-15(14)27)10-23-20(29)22-8-7-21-19-18-17(24-11-25-19)13-3-1-2-4-16(13)28-18/h1-6,9,11,26-27H,7-8,10H2,(H,21,24,25)(H2,22,23,29). The highest BCUT2D eigenvalue weighted by molar-refractivity contribution is 7.80. The molecule has 29 heavy (non-hydrogen) atoms. The van der Waals surface area contributed by atoms with E-state index in [1.165, 1.54) is 18.5 Å². The molecule has 0 fully saturated rings. The Morgan fingerprint density at radius 2 is 1.86 bits per heavy atom. The largest absolute Gasteiger partial charge is 0.504 e. The summed E-state index contributed by atoms with van der Waals surface area (Å²) in [5, 5.41) is 29.7. The van der Waals surface area contributed by atoms with E-state index in [1.807, 2.05) is 24.3 Å². The van der Waals surface area contributed by atoms with Crippen LogP contribution >= 0.6 is 12.2 Å². The van der Waals surface area contributed by atoms with Crippen LogP contribution in [0.25, 0.3) is 22.1 Å². The Morgan fingerprint density at radius 1 is 1.00 bits per heavy atom. The third-order valence-corrected chi connectivity index (χ3v) is 4.64. The summed E-state index contributed by atoms with van der Waals surface area (Å²) in [7, 11) is 0. The first-order chi connectivity index (χ1) is 14.1. The van der Waals surface area contributed by atoms with E-state index in [2.05, 4.69) is 25.9 Å². The molecule has 2 heterocycles. The van der Waals surface area contributed by atoms with Gasteiger partial charge in [0.05, 0.1) is 0 Å². The van der Waals surface area contributed by atoms with Crippen LogP contribution < -0.4 is 16.0 Å². The second kappa shape index (κ2) is 8.19. The molecular formula is C20H19N5O3S. The molecule has 148 valence electrons. The maximum atomic E-state index is 9.52. The lowest BCUT2D eigenvalue weighted by Gasteiger charge is -2.11. The third kappa shape index (κ3) is 4.14. The minimum atomic E-state index is -0.158. The van der Waals surface area contributed by atoms with Gasteiger partial charge in [0.2, 0.25) is 0 Å². The molecule has 5 N–H and O–H groups in total. The molecule has 8 nitrogen and oxygen atoms in total. The number of phenols is 2. The Balaban J connectivity index is 1.29. The van der Waals surface area contributed by atoms with Crippen molar-refractivity contribution in [3.05, 3.63) is 54.4 Å². The molecule has 0 bridgehead atoms. The van der Waals surface area contributed by atoms with Gasteiger partial charge in [-0.2, -0.15) is 0 Å². The first-order valence-electron chi connectivity index (χ1n) is 9.00. The predicted molar refractivity (Wildman–Crippen MR) is 115 cm³/mol. The van der Waals surface area contributed by atoms with Gasteiger partial charge in [-0.25, -0.2) is 9.97 Å². The lowest BCUT2D eigenvalue weighted by Crippen LogP contribution is -2.37. The van der Waals surface area contributed by atoms with E-state index in [1.54, 1.807) is 6.07 Å². The van der Waals surface area contributed by atoms with E-state index in [4.69, 9.17) is 16.6 Å². The number of nitrogens with one attached hydrogen (secondary N) is 3. The third-order valence-electron chi connectivity index (χ3n) is 4.35. The molecule has 0 radical (unpaired) electrons. The number of aromatic hydroxyl groups is 2. The molecular weight excluding hydrogens is 390 g/mol. The van der Waals surface area contributed by atoms with Crippen molar-refractivity contribution in [1.29, 1.82) is 0 Å². The van der Waals surface area contributed by atoms with Crippen molar-refractivity contribution >= 4 is 45.2 Å². The number of rotatable bonds is 6. The minimum Gasteiger partial charge on any atom is -0.504 e. The molecule has 0 amide bonds. The van der Waals surface area contributed by atoms with Crippen LogP contribution in [0.5, 0.6) is 11.5 Å². The predicted octanol–water partition coefficient (Wildman–Crippen LogP) is 2.86. The topological polar surface area (TPSA) is 115 Å². The summed E-state index contributed by atoms with van der Waals surface area (Å²) in [5.74, 6) is 0.324. The maximum Gasteiger partial charge on any atom is 0.196 e. The molecule has 0 aliphatic heterocycles. The first kappa shape index (κ1) is 18.8. The number of anilines is 1. The van der Waals surface area contributed by atoms with E-state index in [0.29, 0.717) is 36.1 Å². The summed E-state index contributed by atoms with van der Waals surface area (Å²) in [4.78, 5) is 8.60. The molecule has 2 aromatic carbocycles. The average Bonchev–Trinajstić information content (AvgIpc) is 3.11. The number of hydrogen-bond donors (Lipinski definition) is 5. The van der Waals surface area contributed by atoms with Crippen molar-refractivity contribution < 1.29 is 14.6 Å². The molecule has 0 saturated carbocycles. The molecule has 0 saturated heterocycles. The van der Waals surface area contributed by atoms with E-state index in [-0.39, 0.29) is 11.5 Å². The smallest absolute Gasteiger partial charge is 0.196 e. The fraction of sp³-hybridized carbons (Fsp3) is 0.150. The van der Waals surface area contributed by atoms with Gasteiger partial charge in [0, 0.05) is 25.0 Å². The SMILES string of the molecule is Oc1ccc(CNC(=S)NCCNc2ncnc3c2oc2ccccc23)cc1O. The van der Waals surface area contributed by atoms with Gasteiger partial charge in [0.25, 0.3) is 0 Å². The number of fused-ring (bicyclic) bond motifs is 3. The molecule has 4 aromatic rings. The van der Waals surface area contributed by atoms with Crippen LogP contribution in [-0.2, 0) is 6.54 Å². The van der Waals surface area contributed by atoms with Crippen LogP contribution in [0.4, 0.5) is 5.82 Å². The van der Waals surface area contributed by atoms with Crippen LogP contribution in [0.15, 0.2) is 53.2 Å². The number of furan rings is 1. The monoisotopic (exact) mass is 409 g/mol.